The van der Waals surface area contributed by atoms with Crippen LogP contribution in [0.2, 0.25) is 0 Å². The van der Waals surface area contributed by atoms with Crippen LogP contribution >= 0.6 is 0 Å². The Morgan fingerprint density at radius 3 is 2.04 bits per heavy atom. The molecule has 0 atom stereocenters. The molecule has 0 spiro atoms. The highest BCUT2D eigenvalue weighted by atomic mass is 15.1. The van der Waals surface area contributed by atoms with E-state index in [4.69, 9.17) is 0 Å². The first-order chi connectivity index (χ1) is 23.1. The Bertz CT molecular complexity index is 2270. The van der Waals surface area contributed by atoms with E-state index in [1.165, 1.54) is 66.9 Å². The van der Waals surface area contributed by atoms with E-state index in [9.17, 15) is 0 Å². The molecule has 0 unspecified atom stereocenters. The number of aromatic nitrogens is 1. The topological polar surface area (TPSA) is 8.17 Å². The van der Waals surface area contributed by atoms with Crippen LogP contribution in [0.3, 0.4) is 0 Å². The number of rotatable bonds is 5. The number of anilines is 3. The number of fused-ring (bicyclic) bond motifs is 6. The summed E-state index contributed by atoms with van der Waals surface area (Å²) < 4.78 is 2.47. The smallest absolute Gasteiger partial charge is 0.0537 e. The third-order valence-corrected chi connectivity index (χ3v) is 10.3. The van der Waals surface area contributed by atoms with Crippen LogP contribution in [0.5, 0.6) is 0 Å². The molecule has 0 saturated carbocycles. The van der Waals surface area contributed by atoms with Crippen LogP contribution in [0.15, 0.2) is 152 Å². The monoisotopic (exact) mass is 604 g/mol. The second kappa shape index (κ2) is 10.7. The van der Waals surface area contributed by atoms with Crippen molar-refractivity contribution < 1.29 is 0 Å². The highest BCUT2D eigenvalue weighted by Gasteiger charge is 2.37. The molecular weight excluding hydrogens is 569 g/mol. The van der Waals surface area contributed by atoms with Gasteiger partial charge in [0.2, 0.25) is 0 Å². The lowest BCUT2D eigenvalue weighted by molar-refractivity contribution is 0.660. The highest BCUT2D eigenvalue weighted by molar-refractivity contribution is 5.95. The summed E-state index contributed by atoms with van der Waals surface area (Å²) in [5.74, 6) is 0. The maximum atomic E-state index is 2.47. The van der Waals surface area contributed by atoms with Gasteiger partial charge in [0.25, 0.3) is 0 Å². The minimum Gasteiger partial charge on any atom is -0.313 e. The van der Waals surface area contributed by atoms with Gasteiger partial charge in [0.05, 0.1) is 5.52 Å². The quantitative estimate of drug-likeness (QED) is 0.190. The lowest BCUT2D eigenvalue weighted by atomic mass is 9.81. The van der Waals surface area contributed by atoms with Gasteiger partial charge in [0.15, 0.2) is 0 Å². The normalized spacial score (nSPS) is 14.1. The number of hydrogen-bond acceptors (Lipinski definition) is 1. The van der Waals surface area contributed by atoms with Gasteiger partial charge in [-0.3, -0.25) is 0 Å². The summed E-state index contributed by atoms with van der Waals surface area (Å²) in [4.78, 5) is 2.36. The summed E-state index contributed by atoms with van der Waals surface area (Å²) in [6.07, 6.45) is 6.77. The first-order valence-electron chi connectivity index (χ1n) is 16.7. The first-order valence-corrected chi connectivity index (χ1v) is 16.7. The van der Waals surface area contributed by atoms with E-state index in [1.807, 2.05) is 0 Å². The van der Waals surface area contributed by atoms with E-state index < -0.39 is 0 Å². The molecule has 47 heavy (non-hydrogen) atoms. The Balaban J connectivity index is 1.15. The average molecular weight is 605 g/mol. The van der Waals surface area contributed by atoms with E-state index in [-0.39, 0.29) is 5.41 Å². The SMILES string of the molecule is CC1(C)c2cc(N(c3ccccc3)c3ccccc3)ccc2-c2c(-c3ccc(-n4c5c(c6ccccc64)C=CCC5)cc3)cccc21. The Labute approximate surface area is 276 Å². The van der Waals surface area contributed by atoms with Crippen LogP contribution < -0.4 is 4.90 Å². The molecule has 0 N–H and O–H groups in total. The second-order valence-corrected chi connectivity index (χ2v) is 13.3. The molecule has 2 heteroatoms. The molecule has 2 aliphatic rings. The number of benzene rings is 6. The number of allylic oxidation sites excluding steroid dienone is 1. The molecule has 2 nitrogen and oxygen atoms in total. The van der Waals surface area contributed by atoms with Gasteiger partial charge < -0.3 is 9.47 Å². The van der Waals surface area contributed by atoms with Gasteiger partial charge in [0, 0.05) is 44.8 Å². The van der Waals surface area contributed by atoms with Gasteiger partial charge in [-0.25, -0.2) is 0 Å². The average Bonchev–Trinajstić information content (AvgIpc) is 3.58. The fraction of sp³-hybridized carbons (Fsp3) is 0.111. The van der Waals surface area contributed by atoms with Gasteiger partial charge >= 0.3 is 0 Å². The van der Waals surface area contributed by atoms with Crippen LogP contribution in [-0.4, -0.2) is 4.57 Å². The van der Waals surface area contributed by atoms with Crippen molar-refractivity contribution in [3.05, 3.63) is 174 Å². The Kier molecular flexibility index (Phi) is 6.33. The van der Waals surface area contributed by atoms with Crippen molar-refractivity contribution in [2.75, 3.05) is 4.90 Å². The van der Waals surface area contributed by atoms with E-state index >= 15 is 0 Å². The zero-order chi connectivity index (χ0) is 31.5. The van der Waals surface area contributed by atoms with Crippen molar-refractivity contribution in [3.63, 3.8) is 0 Å². The van der Waals surface area contributed by atoms with Crippen molar-refractivity contribution in [2.24, 2.45) is 0 Å². The Morgan fingerprint density at radius 1 is 0.596 bits per heavy atom. The van der Waals surface area contributed by atoms with Crippen LogP contribution in [-0.2, 0) is 11.8 Å². The van der Waals surface area contributed by atoms with Crippen molar-refractivity contribution in [2.45, 2.75) is 32.1 Å². The zero-order valence-electron chi connectivity index (χ0n) is 26.8. The molecular formula is C45H36N2. The third kappa shape index (κ3) is 4.32. The fourth-order valence-electron chi connectivity index (χ4n) is 8.01. The number of para-hydroxylation sites is 3. The lowest BCUT2D eigenvalue weighted by Gasteiger charge is -2.28. The molecule has 226 valence electrons. The predicted octanol–water partition coefficient (Wildman–Crippen LogP) is 12.0. The number of nitrogens with zero attached hydrogens (tertiary/aromatic N) is 2. The molecule has 6 aromatic carbocycles. The second-order valence-electron chi connectivity index (χ2n) is 13.3. The van der Waals surface area contributed by atoms with E-state index in [1.54, 1.807) is 0 Å². The van der Waals surface area contributed by atoms with E-state index in [0.29, 0.717) is 0 Å². The minimum atomic E-state index is -0.133. The lowest BCUT2D eigenvalue weighted by Crippen LogP contribution is -2.16. The summed E-state index contributed by atoms with van der Waals surface area (Å²) in [7, 11) is 0. The first kappa shape index (κ1) is 27.7. The fourth-order valence-corrected chi connectivity index (χ4v) is 8.01. The van der Waals surface area contributed by atoms with Gasteiger partial charge in [-0.1, -0.05) is 117 Å². The van der Waals surface area contributed by atoms with Crippen molar-refractivity contribution in [1.29, 1.82) is 0 Å². The van der Waals surface area contributed by atoms with Crippen LogP contribution in [0.25, 0.3) is 44.9 Å². The maximum absolute atomic E-state index is 2.47. The Hall–Kier alpha value is -5.60. The largest absolute Gasteiger partial charge is 0.313 e. The van der Waals surface area contributed by atoms with Gasteiger partial charge in [-0.2, -0.15) is 0 Å². The van der Waals surface area contributed by atoms with Gasteiger partial charge in [-0.05, 0) is 101 Å². The molecule has 0 fully saturated rings. The summed E-state index contributed by atoms with van der Waals surface area (Å²) in [5.41, 5.74) is 16.6. The summed E-state index contributed by atoms with van der Waals surface area (Å²) in [5, 5.41) is 1.33. The molecule has 1 aromatic heterocycles. The van der Waals surface area contributed by atoms with Gasteiger partial charge in [0.1, 0.15) is 0 Å². The molecule has 0 amide bonds. The molecule has 0 radical (unpaired) electrons. The van der Waals surface area contributed by atoms with Crippen molar-refractivity contribution in [1.82, 2.24) is 4.57 Å². The predicted molar refractivity (Wildman–Crippen MR) is 198 cm³/mol. The van der Waals surface area contributed by atoms with Crippen molar-refractivity contribution >= 4 is 34.0 Å². The van der Waals surface area contributed by atoms with Crippen LogP contribution in [0.4, 0.5) is 17.1 Å². The number of hydrogen-bond donors (Lipinski definition) is 0. The third-order valence-electron chi connectivity index (χ3n) is 10.3. The van der Waals surface area contributed by atoms with Crippen LogP contribution in [0.1, 0.15) is 42.7 Å². The van der Waals surface area contributed by atoms with Gasteiger partial charge in [-0.15, -0.1) is 0 Å². The maximum Gasteiger partial charge on any atom is 0.0537 e. The molecule has 9 rings (SSSR count). The molecule has 1 heterocycles. The van der Waals surface area contributed by atoms with E-state index in [0.717, 1.165) is 24.2 Å². The molecule has 0 bridgehead atoms. The minimum absolute atomic E-state index is 0.133. The van der Waals surface area contributed by atoms with Crippen molar-refractivity contribution in [3.8, 4) is 27.9 Å². The highest BCUT2D eigenvalue weighted by Crippen LogP contribution is 2.53. The summed E-state index contributed by atoms with van der Waals surface area (Å²) in [6, 6.07) is 53.3. The van der Waals surface area contributed by atoms with Crippen LogP contribution in [0, 0.1) is 0 Å². The molecule has 2 aliphatic carbocycles. The van der Waals surface area contributed by atoms with E-state index in [2.05, 4.69) is 181 Å². The zero-order valence-corrected chi connectivity index (χ0v) is 26.8. The summed E-state index contributed by atoms with van der Waals surface area (Å²) in [6.45, 7) is 4.75. The molecule has 0 aliphatic heterocycles. The molecule has 0 saturated heterocycles. The Morgan fingerprint density at radius 2 is 1.30 bits per heavy atom. The standard InChI is InChI=1S/C45H36N2/c1-45(2)40-21-13-20-36(31-24-26-34(27-25-31)47-42-22-11-9-18-37(42)38-19-10-12-23-43(38)47)44(40)39-29-28-35(30-41(39)45)46(32-14-5-3-6-15-32)33-16-7-4-8-17-33/h3-11,13-22,24-30H,12,23H2,1-2H3. The molecule has 7 aromatic rings. The summed E-state index contributed by atoms with van der Waals surface area (Å²) >= 11 is 0.